The fourth-order valence-electron chi connectivity index (χ4n) is 5.52. The molecule has 0 N–H and O–H groups in total. The Kier molecular flexibility index (Phi) is 7.12. The highest BCUT2D eigenvalue weighted by Gasteiger charge is 2.22. The molecule has 0 fully saturated rings. The topological polar surface area (TPSA) is 17.1 Å². The Balaban J connectivity index is 1.21. The lowest BCUT2D eigenvalue weighted by Crippen LogP contribution is -2.07. The van der Waals surface area contributed by atoms with E-state index in [1.165, 1.54) is 49.0 Å². The van der Waals surface area contributed by atoms with E-state index in [9.17, 15) is 4.57 Å². The van der Waals surface area contributed by atoms with Crippen LogP contribution in [0.4, 0.5) is 0 Å². The first-order valence-corrected chi connectivity index (χ1v) is 15.9. The maximum absolute atomic E-state index is 14.5. The summed E-state index contributed by atoms with van der Waals surface area (Å²) in [7, 11) is -2.40. The quantitative estimate of drug-likeness (QED) is 0.176. The van der Waals surface area contributed by atoms with Crippen molar-refractivity contribution in [1.29, 1.82) is 0 Å². The van der Waals surface area contributed by atoms with Gasteiger partial charge in [0.15, 0.2) is 0 Å². The molecule has 0 saturated heterocycles. The molecular formula is C36H33OP. The molecule has 188 valence electrons. The molecular weight excluding hydrogens is 479 g/mol. The van der Waals surface area contributed by atoms with E-state index in [4.69, 9.17) is 0 Å². The lowest BCUT2D eigenvalue weighted by atomic mass is 10.1. The van der Waals surface area contributed by atoms with E-state index < -0.39 is 7.14 Å². The largest absolute Gasteiger partial charge is 0.324 e. The van der Waals surface area contributed by atoms with Crippen molar-refractivity contribution in [3.63, 3.8) is 0 Å². The first-order valence-electron chi connectivity index (χ1n) is 13.6. The predicted molar refractivity (Wildman–Crippen MR) is 165 cm³/mol. The van der Waals surface area contributed by atoms with Crippen LogP contribution in [0.25, 0.3) is 32.3 Å². The monoisotopic (exact) mass is 512 g/mol. The summed E-state index contributed by atoms with van der Waals surface area (Å²) in [5, 5.41) is 7.54. The Labute approximate surface area is 225 Å². The van der Waals surface area contributed by atoms with Gasteiger partial charge < -0.3 is 4.57 Å². The van der Waals surface area contributed by atoms with Gasteiger partial charge in [0.1, 0.15) is 0 Å². The van der Waals surface area contributed by atoms with Gasteiger partial charge in [-0.1, -0.05) is 127 Å². The second kappa shape index (κ2) is 11.0. The molecule has 2 heteroatoms. The summed E-state index contributed by atoms with van der Waals surface area (Å²) in [5.74, 6) is 0. The minimum atomic E-state index is -2.40. The van der Waals surface area contributed by atoms with Crippen molar-refractivity contribution >= 4 is 39.5 Å². The highest BCUT2D eigenvalue weighted by atomic mass is 31.2. The van der Waals surface area contributed by atoms with Crippen molar-refractivity contribution in [3.8, 4) is 0 Å². The lowest BCUT2D eigenvalue weighted by molar-refractivity contribution is 0.572. The van der Waals surface area contributed by atoms with Gasteiger partial charge in [-0.2, -0.15) is 0 Å². The van der Waals surface area contributed by atoms with Crippen LogP contribution in [0, 0.1) is 0 Å². The molecule has 0 saturated carbocycles. The Bertz CT molecular complexity index is 1560. The normalized spacial score (nSPS) is 11.9. The zero-order valence-electron chi connectivity index (χ0n) is 21.7. The highest BCUT2D eigenvalue weighted by Crippen LogP contribution is 2.47. The van der Waals surface area contributed by atoms with E-state index in [1.54, 1.807) is 0 Å². The van der Waals surface area contributed by atoms with Crippen molar-refractivity contribution in [3.05, 3.63) is 144 Å². The van der Waals surface area contributed by atoms with Crippen LogP contribution in [0.5, 0.6) is 0 Å². The second-order valence-electron chi connectivity index (χ2n) is 10.5. The minimum Gasteiger partial charge on any atom is -0.324 e. The van der Waals surface area contributed by atoms with Gasteiger partial charge in [0.05, 0.1) is 7.14 Å². The zero-order valence-corrected chi connectivity index (χ0v) is 22.6. The third kappa shape index (κ3) is 5.74. The molecule has 0 spiro atoms. The number of hydrogen-bond acceptors (Lipinski definition) is 1. The lowest BCUT2D eigenvalue weighted by Gasteiger charge is -2.19. The van der Waals surface area contributed by atoms with Crippen molar-refractivity contribution in [2.75, 3.05) is 18.5 Å². The Morgan fingerprint density at radius 2 is 0.658 bits per heavy atom. The molecule has 0 radical (unpaired) electrons. The molecule has 0 aliphatic heterocycles. The third-order valence-corrected chi connectivity index (χ3v) is 11.0. The van der Waals surface area contributed by atoms with E-state index >= 15 is 0 Å². The van der Waals surface area contributed by atoms with Crippen LogP contribution in [0.15, 0.2) is 127 Å². The standard InChI is InChI=1S/C36H33OP/c37-38(22-19-28-13-16-31-7-1-4-10-34(31)25-28,23-20-29-14-17-32-8-2-5-11-35(32)26-29)24-21-30-15-18-33-9-3-6-12-36(33)27-30/h1-18,25-27H,19-24H2. The third-order valence-electron chi connectivity index (χ3n) is 7.87. The Morgan fingerprint density at radius 3 is 0.974 bits per heavy atom. The number of fused-ring (bicyclic) bond motifs is 3. The number of benzene rings is 6. The van der Waals surface area contributed by atoms with Crippen molar-refractivity contribution in [2.45, 2.75) is 19.3 Å². The summed E-state index contributed by atoms with van der Waals surface area (Å²) in [5.41, 5.74) is 3.83. The molecule has 6 rings (SSSR count). The fraction of sp³-hybridized carbons (Fsp3) is 0.167. The second-order valence-corrected chi connectivity index (χ2v) is 14.0. The Hall–Kier alpha value is -3.67. The first kappa shape index (κ1) is 24.7. The Morgan fingerprint density at radius 1 is 0.368 bits per heavy atom. The van der Waals surface area contributed by atoms with Crippen molar-refractivity contribution < 1.29 is 4.57 Å². The van der Waals surface area contributed by atoms with Crippen LogP contribution < -0.4 is 0 Å². The number of rotatable bonds is 9. The van der Waals surface area contributed by atoms with Gasteiger partial charge in [-0.15, -0.1) is 0 Å². The first-order chi connectivity index (χ1) is 18.6. The van der Waals surface area contributed by atoms with Gasteiger partial charge in [-0.05, 0) is 68.3 Å². The molecule has 0 heterocycles. The van der Waals surface area contributed by atoms with Gasteiger partial charge in [0, 0.05) is 18.5 Å². The van der Waals surface area contributed by atoms with Crippen LogP contribution in [0.1, 0.15) is 16.7 Å². The molecule has 0 aliphatic rings. The number of aryl methyl sites for hydroxylation is 3. The van der Waals surface area contributed by atoms with Crippen LogP contribution in [0.3, 0.4) is 0 Å². The zero-order chi connectivity index (χ0) is 25.8. The molecule has 0 bridgehead atoms. The van der Waals surface area contributed by atoms with E-state index in [-0.39, 0.29) is 0 Å². The molecule has 0 aliphatic carbocycles. The molecule has 6 aromatic carbocycles. The highest BCUT2D eigenvalue weighted by molar-refractivity contribution is 7.63. The number of hydrogen-bond donors (Lipinski definition) is 0. The summed E-state index contributed by atoms with van der Waals surface area (Å²) in [4.78, 5) is 0. The van der Waals surface area contributed by atoms with Gasteiger partial charge >= 0.3 is 0 Å². The van der Waals surface area contributed by atoms with E-state index in [0.29, 0.717) is 0 Å². The summed E-state index contributed by atoms with van der Waals surface area (Å²) in [6.07, 6.45) is 4.85. The average molecular weight is 513 g/mol. The van der Waals surface area contributed by atoms with Crippen LogP contribution in [-0.4, -0.2) is 18.5 Å². The van der Waals surface area contributed by atoms with E-state index in [2.05, 4.69) is 127 Å². The maximum atomic E-state index is 14.5. The van der Waals surface area contributed by atoms with Gasteiger partial charge in [-0.3, -0.25) is 0 Å². The minimum absolute atomic E-state index is 0.756. The van der Waals surface area contributed by atoms with E-state index in [1.807, 2.05) is 0 Å². The summed E-state index contributed by atoms with van der Waals surface area (Å²) in [6.45, 7) is 0. The van der Waals surface area contributed by atoms with Gasteiger partial charge in [-0.25, -0.2) is 0 Å². The predicted octanol–water partition coefficient (Wildman–Crippen LogP) is 9.54. The van der Waals surface area contributed by atoms with Crippen LogP contribution in [0.2, 0.25) is 0 Å². The fourth-order valence-corrected chi connectivity index (χ4v) is 8.18. The molecule has 38 heavy (non-hydrogen) atoms. The summed E-state index contributed by atoms with van der Waals surface area (Å²) < 4.78 is 14.5. The van der Waals surface area contributed by atoms with Gasteiger partial charge in [0.25, 0.3) is 0 Å². The van der Waals surface area contributed by atoms with Crippen molar-refractivity contribution in [2.24, 2.45) is 0 Å². The molecule has 6 aromatic rings. The van der Waals surface area contributed by atoms with Crippen LogP contribution in [-0.2, 0) is 23.8 Å². The molecule has 0 unspecified atom stereocenters. The molecule has 0 atom stereocenters. The van der Waals surface area contributed by atoms with Gasteiger partial charge in [0.2, 0.25) is 0 Å². The molecule has 0 amide bonds. The van der Waals surface area contributed by atoms with Crippen LogP contribution >= 0.6 is 7.14 Å². The SMILES string of the molecule is O=P(CCc1ccc2ccccc2c1)(CCc1ccc2ccccc2c1)CCc1ccc2ccccc2c1. The molecule has 1 nitrogen and oxygen atoms in total. The maximum Gasteiger partial charge on any atom is 0.0887 e. The molecule has 0 aromatic heterocycles. The summed E-state index contributed by atoms with van der Waals surface area (Å²) >= 11 is 0. The average Bonchev–Trinajstić information content (AvgIpc) is 2.98. The smallest absolute Gasteiger partial charge is 0.0887 e. The van der Waals surface area contributed by atoms with Crippen molar-refractivity contribution in [1.82, 2.24) is 0 Å². The summed E-state index contributed by atoms with van der Waals surface area (Å²) in [6, 6.07) is 45.5. The van der Waals surface area contributed by atoms with E-state index in [0.717, 1.165) is 37.7 Å².